The van der Waals surface area contributed by atoms with E-state index in [-0.39, 0.29) is 9.77 Å². The van der Waals surface area contributed by atoms with E-state index in [1.54, 1.807) is 31.5 Å². The van der Waals surface area contributed by atoms with E-state index in [4.69, 9.17) is 5.11 Å². The highest BCUT2D eigenvalue weighted by molar-refractivity contribution is 7.91. The molecule has 0 aromatic carbocycles. The van der Waals surface area contributed by atoms with E-state index in [2.05, 4.69) is 9.71 Å². The molecule has 2 N–H and O–H groups in total. The zero-order chi connectivity index (χ0) is 14.8. The maximum Gasteiger partial charge on any atom is 0.336 e. The lowest BCUT2D eigenvalue weighted by Crippen LogP contribution is -2.26. The lowest BCUT2D eigenvalue weighted by atomic mass is 10.1. The third kappa shape index (κ3) is 3.21. The number of hydrogen-bond acceptors (Lipinski definition) is 5. The number of aromatic carboxylic acids is 1. The van der Waals surface area contributed by atoms with Gasteiger partial charge in [-0.25, -0.2) is 17.9 Å². The molecule has 1 atom stereocenters. The van der Waals surface area contributed by atoms with Gasteiger partial charge in [-0.05, 0) is 30.7 Å². The van der Waals surface area contributed by atoms with Gasteiger partial charge in [-0.1, -0.05) is 0 Å². The Labute approximate surface area is 120 Å². The van der Waals surface area contributed by atoms with Gasteiger partial charge >= 0.3 is 5.97 Å². The highest BCUT2D eigenvalue weighted by Gasteiger charge is 2.21. The SMILES string of the molecule is C[C@H](NS(=O)(=O)c1cc(C(=O)O)cs1)c1ccncc1. The molecule has 8 heteroatoms. The fourth-order valence-corrected chi connectivity index (χ4v) is 3.98. The lowest BCUT2D eigenvalue weighted by molar-refractivity contribution is 0.0697. The summed E-state index contributed by atoms with van der Waals surface area (Å²) < 4.78 is 26.8. The highest BCUT2D eigenvalue weighted by atomic mass is 32.2. The molecule has 6 nitrogen and oxygen atoms in total. The maximum atomic E-state index is 12.1. The van der Waals surface area contributed by atoms with E-state index in [0.717, 1.165) is 23.0 Å². The predicted molar refractivity (Wildman–Crippen MR) is 74.3 cm³/mol. The molecule has 0 amide bonds. The summed E-state index contributed by atoms with van der Waals surface area (Å²) in [4.78, 5) is 14.6. The topological polar surface area (TPSA) is 96.4 Å². The zero-order valence-corrected chi connectivity index (χ0v) is 12.1. The summed E-state index contributed by atoms with van der Waals surface area (Å²) >= 11 is 0.878. The molecule has 2 aromatic heterocycles. The Hall–Kier alpha value is -1.77. The highest BCUT2D eigenvalue weighted by Crippen LogP contribution is 2.22. The van der Waals surface area contributed by atoms with E-state index in [0.29, 0.717) is 0 Å². The second-order valence-electron chi connectivity index (χ2n) is 4.08. The van der Waals surface area contributed by atoms with Crippen LogP contribution in [0.5, 0.6) is 0 Å². The molecular weight excluding hydrogens is 300 g/mol. The average molecular weight is 312 g/mol. The number of aromatic nitrogens is 1. The van der Waals surface area contributed by atoms with Crippen molar-refractivity contribution in [3.63, 3.8) is 0 Å². The summed E-state index contributed by atoms with van der Waals surface area (Å²) in [6, 6.07) is 4.14. The molecule has 0 bridgehead atoms. The predicted octanol–water partition coefficient (Wildman–Crippen LogP) is 1.88. The van der Waals surface area contributed by atoms with Crippen LogP contribution in [0.15, 0.2) is 40.2 Å². The number of rotatable bonds is 5. The first kappa shape index (κ1) is 14.6. The molecule has 2 heterocycles. The van der Waals surface area contributed by atoms with Crippen molar-refractivity contribution < 1.29 is 18.3 Å². The van der Waals surface area contributed by atoms with Crippen molar-refractivity contribution in [2.75, 3.05) is 0 Å². The summed E-state index contributed by atoms with van der Waals surface area (Å²) in [5.74, 6) is -1.15. The average Bonchev–Trinajstić information content (AvgIpc) is 2.90. The Morgan fingerprint density at radius 3 is 2.60 bits per heavy atom. The van der Waals surface area contributed by atoms with Crippen molar-refractivity contribution in [3.8, 4) is 0 Å². The number of carbonyl (C=O) groups is 1. The molecule has 0 aliphatic rings. The van der Waals surface area contributed by atoms with Gasteiger partial charge in [-0.3, -0.25) is 4.98 Å². The van der Waals surface area contributed by atoms with Crippen LogP contribution in [0, 0.1) is 0 Å². The van der Waals surface area contributed by atoms with Crippen LogP contribution in [0.4, 0.5) is 0 Å². The van der Waals surface area contributed by atoms with Gasteiger partial charge in [0.25, 0.3) is 10.0 Å². The smallest absolute Gasteiger partial charge is 0.336 e. The maximum absolute atomic E-state index is 12.1. The number of nitrogens with one attached hydrogen (secondary N) is 1. The van der Waals surface area contributed by atoms with Gasteiger partial charge in [-0.15, -0.1) is 11.3 Å². The van der Waals surface area contributed by atoms with Gasteiger partial charge in [0.2, 0.25) is 0 Å². The minimum atomic E-state index is -3.74. The van der Waals surface area contributed by atoms with Crippen LogP contribution >= 0.6 is 11.3 Å². The van der Waals surface area contributed by atoms with Crippen molar-refractivity contribution in [2.45, 2.75) is 17.2 Å². The van der Waals surface area contributed by atoms with Crippen LogP contribution < -0.4 is 4.72 Å². The third-order valence-electron chi connectivity index (χ3n) is 2.63. The Kier molecular flexibility index (Phi) is 4.17. The first-order chi connectivity index (χ1) is 9.40. The van der Waals surface area contributed by atoms with Gasteiger partial charge in [0.05, 0.1) is 5.56 Å². The monoisotopic (exact) mass is 312 g/mol. The van der Waals surface area contributed by atoms with Crippen LogP contribution in [0.3, 0.4) is 0 Å². The number of thiophene rings is 1. The summed E-state index contributed by atoms with van der Waals surface area (Å²) in [6.07, 6.45) is 3.15. The van der Waals surface area contributed by atoms with Crippen LogP contribution in [0.25, 0.3) is 0 Å². The minimum Gasteiger partial charge on any atom is -0.478 e. The van der Waals surface area contributed by atoms with Crippen molar-refractivity contribution >= 4 is 27.3 Å². The normalized spacial score (nSPS) is 13.1. The second kappa shape index (κ2) is 5.70. The molecule has 0 fully saturated rings. The fraction of sp³-hybridized carbons (Fsp3) is 0.167. The number of carboxylic acids is 1. The van der Waals surface area contributed by atoms with Crippen LogP contribution in [-0.4, -0.2) is 24.5 Å². The Balaban J connectivity index is 2.20. The van der Waals surface area contributed by atoms with Gasteiger partial charge in [0.1, 0.15) is 4.21 Å². The number of nitrogens with zero attached hydrogens (tertiary/aromatic N) is 1. The van der Waals surface area contributed by atoms with E-state index in [1.807, 2.05) is 0 Å². The number of pyridine rings is 1. The Morgan fingerprint density at radius 2 is 2.05 bits per heavy atom. The largest absolute Gasteiger partial charge is 0.478 e. The Morgan fingerprint density at radius 1 is 1.40 bits per heavy atom. The fourth-order valence-electron chi connectivity index (χ4n) is 1.58. The molecule has 0 spiro atoms. The number of sulfonamides is 1. The van der Waals surface area contributed by atoms with Crippen molar-refractivity contribution in [2.24, 2.45) is 0 Å². The third-order valence-corrected chi connectivity index (χ3v) is 5.61. The Bertz CT molecular complexity index is 710. The van der Waals surface area contributed by atoms with E-state index in [1.165, 1.54) is 5.38 Å². The molecule has 0 aliphatic heterocycles. The zero-order valence-electron chi connectivity index (χ0n) is 10.5. The van der Waals surface area contributed by atoms with Crippen molar-refractivity contribution in [1.82, 2.24) is 9.71 Å². The van der Waals surface area contributed by atoms with E-state index >= 15 is 0 Å². The molecule has 0 aliphatic carbocycles. The number of hydrogen-bond donors (Lipinski definition) is 2. The van der Waals surface area contributed by atoms with Gasteiger partial charge < -0.3 is 5.11 Å². The molecule has 0 radical (unpaired) electrons. The molecule has 0 unspecified atom stereocenters. The lowest BCUT2D eigenvalue weighted by Gasteiger charge is -2.13. The molecular formula is C12H12N2O4S2. The van der Waals surface area contributed by atoms with E-state index in [9.17, 15) is 13.2 Å². The minimum absolute atomic E-state index is 0.0178. The van der Waals surface area contributed by atoms with Crippen molar-refractivity contribution in [1.29, 1.82) is 0 Å². The van der Waals surface area contributed by atoms with Gasteiger partial charge in [0.15, 0.2) is 0 Å². The van der Waals surface area contributed by atoms with Crippen molar-refractivity contribution in [3.05, 3.63) is 47.1 Å². The standard InChI is InChI=1S/C12H12N2O4S2/c1-8(9-2-4-13-5-3-9)14-20(17,18)11-6-10(7-19-11)12(15)16/h2-8,14H,1H3,(H,15,16)/t8-/m0/s1. The molecule has 106 valence electrons. The van der Waals surface area contributed by atoms with Crippen LogP contribution in [-0.2, 0) is 10.0 Å². The van der Waals surface area contributed by atoms with Gasteiger partial charge in [-0.2, -0.15) is 0 Å². The molecule has 2 aromatic rings. The summed E-state index contributed by atoms with van der Waals surface area (Å²) in [7, 11) is -3.74. The van der Waals surface area contributed by atoms with Gasteiger partial charge in [0, 0.05) is 23.8 Å². The van der Waals surface area contributed by atoms with Crippen LogP contribution in [0.2, 0.25) is 0 Å². The second-order valence-corrected chi connectivity index (χ2v) is 6.94. The molecule has 0 saturated carbocycles. The van der Waals surface area contributed by atoms with E-state index < -0.39 is 22.0 Å². The summed E-state index contributed by atoms with van der Waals surface area (Å²) in [6.45, 7) is 1.71. The first-order valence-corrected chi connectivity index (χ1v) is 8.00. The summed E-state index contributed by atoms with van der Waals surface area (Å²) in [5.41, 5.74) is 0.741. The first-order valence-electron chi connectivity index (χ1n) is 5.64. The number of carboxylic acid groups (broad SMARTS) is 1. The quantitative estimate of drug-likeness (QED) is 0.878. The molecule has 2 rings (SSSR count). The molecule has 20 heavy (non-hydrogen) atoms. The molecule has 0 saturated heterocycles. The van der Waals surface area contributed by atoms with Crippen LogP contribution in [0.1, 0.15) is 28.9 Å². The summed E-state index contributed by atoms with van der Waals surface area (Å²) in [5, 5.41) is 10.1.